The Hall–Kier alpha value is -0.690. The van der Waals surface area contributed by atoms with E-state index in [-0.39, 0.29) is 5.41 Å². The number of halogens is 1. The maximum Gasteiger partial charge on any atom is 0.123 e. The molecule has 0 aliphatic carbocycles. The summed E-state index contributed by atoms with van der Waals surface area (Å²) >= 11 is 5.87. The summed E-state index contributed by atoms with van der Waals surface area (Å²) in [5.41, 5.74) is 2.73. The molecule has 2 heteroatoms. The fourth-order valence-corrected chi connectivity index (χ4v) is 2.48. The van der Waals surface area contributed by atoms with Crippen molar-refractivity contribution in [3.8, 4) is 5.75 Å². The van der Waals surface area contributed by atoms with E-state index in [0.717, 1.165) is 18.8 Å². The standard InChI is InChI=1S/C18H29ClO/c1-13(2)12-20-17-8-7-15(14(3)9-10-19)11-16(17)18(4,5)6/h7-8,11,13-14H,9-10,12H2,1-6H3. The first kappa shape index (κ1) is 17.4. The fourth-order valence-electron chi connectivity index (χ4n) is 2.15. The number of ether oxygens (including phenoxy) is 1. The van der Waals surface area contributed by atoms with Gasteiger partial charge >= 0.3 is 0 Å². The third kappa shape index (κ3) is 5.01. The van der Waals surface area contributed by atoms with Crippen molar-refractivity contribution in [1.29, 1.82) is 0 Å². The third-order valence-electron chi connectivity index (χ3n) is 3.49. The summed E-state index contributed by atoms with van der Waals surface area (Å²) in [5, 5.41) is 0. The number of alkyl halides is 1. The molecule has 0 aliphatic rings. The lowest BCUT2D eigenvalue weighted by Crippen LogP contribution is -2.16. The molecule has 20 heavy (non-hydrogen) atoms. The highest BCUT2D eigenvalue weighted by atomic mass is 35.5. The SMILES string of the molecule is CC(C)COc1ccc(C(C)CCCl)cc1C(C)(C)C. The summed E-state index contributed by atoms with van der Waals surface area (Å²) in [6.07, 6.45) is 1.01. The largest absolute Gasteiger partial charge is 0.493 e. The zero-order valence-electron chi connectivity index (χ0n) is 13.8. The molecule has 1 nitrogen and oxygen atoms in total. The Morgan fingerprint density at radius 3 is 2.30 bits per heavy atom. The highest BCUT2D eigenvalue weighted by molar-refractivity contribution is 6.17. The van der Waals surface area contributed by atoms with Crippen LogP contribution in [0, 0.1) is 5.92 Å². The van der Waals surface area contributed by atoms with Gasteiger partial charge in [0.1, 0.15) is 5.75 Å². The number of rotatable bonds is 6. The van der Waals surface area contributed by atoms with Gasteiger partial charge in [0.15, 0.2) is 0 Å². The van der Waals surface area contributed by atoms with E-state index < -0.39 is 0 Å². The van der Waals surface area contributed by atoms with Crippen LogP contribution in [0.2, 0.25) is 0 Å². The first-order valence-electron chi connectivity index (χ1n) is 7.59. The molecule has 0 N–H and O–H groups in total. The highest BCUT2D eigenvalue weighted by Gasteiger charge is 2.21. The Balaban J connectivity index is 3.07. The molecule has 1 aromatic carbocycles. The van der Waals surface area contributed by atoms with E-state index in [1.54, 1.807) is 0 Å². The van der Waals surface area contributed by atoms with E-state index in [1.165, 1.54) is 11.1 Å². The van der Waals surface area contributed by atoms with Crippen LogP contribution in [0.3, 0.4) is 0 Å². The lowest BCUT2D eigenvalue weighted by molar-refractivity contribution is 0.264. The molecule has 0 heterocycles. The average molecular weight is 297 g/mol. The van der Waals surface area contributed by atoms with Gasteiger partial charge in [-0.1, -0.05) is 53.7 Å². The summed E-state index contributed by atoms with van der Waals surface area (Å²) in [7, 11) is 0. The van der Waals surface area contributed by atoms with E-state index in [1.807, 2.05) is 0 Å². The summed E-state index contributed by atoms with van der Waals surface area (Å²) in [5.74, 6) is 2.76. The minimum atomic E-state index is 0.0863. The van der Waals surface area contributed by atoms with E-state index >= 15 is 0 Å². The molecule has 0 saturated heterocycles. The highest BCUT2D eigenvalue weighted by Crippen LogP contribution is 2.34. The Bertz CT molecular complexity index is 418. The van der Waals surface area contributed by atoms with Gasteiger partial charge < -0.3 is 4.74 Å². The monoisotopic (exact) mass is 296 g/mol. The van der Waals surface area contributed by atoms with Gasteiger partial charge in [0.25, 0.3) is 0 Å². The molecule has 114 valence electrons. The van der Waals surface area contributed by atoms with Gasteiger partial charge in [0.05, 0.1) is 6.61 Å². The number of hydrogen-bond donors (Lipinski definition) is 0. The second-order valence-electron chi connectivity index (χ2n) is 7.09. The van der Waals surface area contributed by atoms with Crippen LogP contribution in [0.4, 0.5) is 0 Å². The van der Waals surface area contributed by atoms with Crippen molar-refractivity contribution in [2.45, 2.75) is 59.3 Å². The van der Waals surface area contributed by atoms with Crippen molar-refractivity contribution in [3.05, 3.63) is 29.3 Å². The van der Waals surface area contributed by atoms with Crippen LogP contribution in [0.25, 0.3) is 0 Å². The molecule has 1 rings (SSSR count). The minimum Gasteiger partial charge on any atom is -0.493 e. The topological polar surface area (TPSA) is 9.23 Å². The second-order valence-corrected chi connectivity index (χ2v) is 7.47. The molecular weight excluding hydrogens is 268 g/mol. The van der Waals surface area contributed by atoms with Crippen molar-refractivity contribution in [1.82, 2.24) is 0 Å². The van der Waals surface area contributed by atoms with Crippen molar-refractivity contribution in [3.63, 3.8) is 0 Å². The molecule has 0 amide bonds. The fraction of sp³-hybridized carbons (Fsp3) is 0.667. The number of hydrogen-bond acceptors (Lipinski definition) is 1. The van der Waals surface area contributed by atoms with Crippen molar-refractivity contribution >= 4 is 11.6 Å². The zero-order chi connectivity index (χ0) is 15.3. The first-order chi connectivity index (χ1) is 9.25. The molecule has 0 aliphatic heterocycles. The van der Waals surface area contributed by atoms with Crippen LogP contribution < -0.4 is 4.74 Å². The van der Waals surface area contributed by atoms with Gasteiger partial charge in [-0.2, -0.15) is 0 Å². The first-order valence-corrected chi connectivity index (χ1v) is 8.12. The van der Waals surface area contributed by atoms with E-state index in [2.05, 4.69) is 59.7 Å². The van der Waals surface area contributed by atoms with Gasteiger partial charge in [-0.05, 0) is 40.9 Å². The van der Waals surface area contributed by atoms with Crippen molar-refractivity contribution < 1.29 is 4.74 Å². The molecule has 1 atom stereocenters. The summed E-state index contributed by atoms with van der Waals surface area (Å²) in [6, 6.07) is 6.61. The Labute approximate surface area is 129 Å². The lowest BCUT2D eigenvalue weighted by Gasteiger charge is -2.25. The van der Waals surface area contributed by atoms with E-state index in [4.69, 9.17) is 16.3 Å². The number of benzene rings is 1. The van der Waals surface area contributed by atoms with Crippen LogP contribution in [0.1, 0.15) is 65.0 Å². The van der Waals surface area contributed by atoms with E-state index in [9.17, 15) is 0 Å². The van der Waals surface area contributed by atoms with Gasteiger partial charge in [-0.15, -0.1) is 11.6 Å². The average Bonchev–Trinajstić information content (AvgIpc) is 2.35. The molecule has 0 spiro atoms. The molecule has 1 aromatic rings. The Kier molecular flexibility index (Phi) is 6.39. The Morgan fingerprint density at radius 2 is 1.80 bits per heavy atom. The van der Waals surface area contributed by atoms with Crippen LogP contribution in [0.15, 0.2) is 18.2 Å². The second kappa shape index (κ2) is 7.36. The smallest absolute Gasteiger partial charge is 0.123 e. The maximum absolute atomic E-state index is 5.99. The lowest BCUT2D eigenvalue weighted by atomic mass is 9.83. The molecule has 0 saturated carbocycles. The van der Waals surface area contributed by atoms with Gasteiger partial charge in [-0.25, -0.2) is 0 Å². The van der Waals surface area contributed by atoms with Crippen LogP contribution in [-0.4, -0.2) is 12.5 Å². The molecule has 0 radical (unpaired) electrons. The molecule has 1 unspecified atom stereocenters. The summed E-state index contributed by atoms with van der Waals surface area (Å²) in [4.78, 5) is 0. The normalized spacial score (nSPS) is 13.6. The molecule has 0 bridgehead atoms. The van der Waals surface area contributed by atoms with Gasteiger partial charge in [0.2, 0.25) is 0 Å². The minimum absolute atomic E-state index is 0.0863. The predicted octanol–water partition coefficient (Wildman–Crippen LogP) is 5.75. The Morgan fingerprint density at radius 1 is 1.15 bits per heavy atom. The van der Waals surface area contributed by atoms with Crippen molar-refractivity contribution in [2.75, 3.05) is 12.5 Å². The third-order valence-corrected chi connectivity index (χ3v) is 3.71. The summed E-state index contributed by atoms with van der Waals surface area (Å²) < 4.78 is 5.99. The van der Waals surface area contributed by atoms with Gasteiger partial charge in [-0.3, -0.25) is 0 Å². The van der Waals surface area contributed by atoms with Gasteiger partial charge in [0, 0.05) is 5.88 Å². The maximum atomic E-state index is 5.99. The molecule has 0 aromatic heterocycles. The summed E-state index contributed by atoms with van der Waals surface area (Å²) in [6.45, 7) is 14.1. The predicted molar refractivity (Wildman–Crippen MR) is 89.2 cm³/mol. The van der Waals surface area contributed by atoms with Crippen molar-refractivity contribution in [2.24, 2.45) is 5.92 Å². The zero-order valence-corrected chi connectivity index (χ0v) is 14.6. The quantitative estimate of drug-likeness (QED) is 0.607. The van der Waals surface area contributed by atoms with E-state index in [0.29, 0.717) is 17.7 Å². The van der Waals surface area contributed by atoms with Crippen LogP contribution in [0.5, 0.6) is 5.75 Å². The molecular formula is C18H29ClO. The van der Waals surface area contributed by atoms with Crippen LogP contribution >= 0.6 is 11.6 Å². The molecule has 0 fully saturated rings. The van der Waals surface area contributed by atoms with Crippen LogP contribution in [-0.2, 0) is 5.41 Å².